The van der Waals surface area contributed by atoms with Crippen molar-refractivity contribution in [2.24, 2.45) is 0 Å². The Hall–Kier alpha value is -2.76. The van der Waals surface area contributed by atoms with Crippen molar-refractivity contribution in [2.75, 3.05) is 0 Å². The summed E-state index contributed by atoms with van der Waals surface area (Å²) in [5.74, 6) is 0. The highest BCUT2D eigenvalue weighted by Gasteiger charge is 2.14. The van der Waals surface area contributed by atoms with Gasteiger partial charge in [-0.05, 0) is 48.8 Å². The van der Waals surface area contributed by atoms with E-state index in [1.165, 1.54) is 34.4 Å². The zero-order chi connectivity index (χ0) is 20.2. The Kier molecular flexibility index (Phi) is 8.63. The van der Waals surface area contributed by atoms with Gasteiger partial charge in [0.25, 0.3) is 0 Å². The minimum Gasteiger partial charge on any atom is -0.261 e. The average molecular weight is 398 g/mol. The van der Waals surface area contributed by atoms with Crippen LogP contribution in [0.1, 0.15) is 25.5 Å². The van der Waals surface area contributed by atoms with Crippen LogP contribution >= 0.6 is 7.92 Å². The van der Waals surface area contributed by atoms with Crippen LogP contribution in [0, 0.1) is 0 Å². The van der Waals surface area contributed by atoms with Gasteiger partial charge in [0, 0.05) is 11.9 Å². The monoisotopic (exact) mass is 397 g/mol. The molecule has 0 spiro atoms. The summed E-state index contributed by atoms with van der Waals surface area (Å²) in [5.41, 5.74) is 1.21. The van der Waals surface area contributed by atoms with Crippen molar-refractivity contribution in [3.05, 3.63) is 121 Å². The number of hydrogen-bond acceptors (Lipinski definition) is 1. The lowest BCUT2D eigenvalue weighted by atomic mass is 10.2. The predicted octanol–water partition coefficient (Wildman–Crippen LogP) is 5.87. The quantitative estimate of drug-likeness (QED) is 0.371. The van der Waals surface area contributed by atoms with E-state index in [9.17, 15) is 0 Å². The number of aryl methyl sites for hydroxylation is 1. The Bertz CT molecular complexity index is 831. The summed E-state index contributed by atoms with van der Waals surface area (Å²) in [6, 6.07) is 38.4. The Labute approximate surface area is 176 Å². The molecule has 0 unspecified atom stereocenters. The second kappa shape index (κ2) is 11.9. The van der Waals surface area contributed by atoms with E-state index in [1.807, 2.05) is 18.3 Å². The molecular formula is C27H28NP. The molecule has 0 saturated carbocycles. The molecule has 1 aromatic heterocycles. The summed E-state index contributed by atoms with van der Waals surface area (Å²) in [6.45, 7) is 2.20. The van der Waals surface area contributed by atoms with Gasteiger partial charge in [0.1, 0.15) is 0 Å². The van der Waals surface area contributed by atoms with Crippen LogP contribution in [0.15, 0.2) is 115 Å². The third-order valence-corrected chi connectivity index (χ3v) is 7.00. The van der Waals surface area contributed by atoms with Crippen molar-refractivity contribution in [3.8, 4) is 0 Å². The van der Waals surface area contributed by atoms with E-state index in [4.69, 9.17) is 0 Å². The third-order valence-electron chi connectivity index (χ3n) is 4.56. The SMILES string of the molecule is CCCCc1ccccn1.c1ccc(P(c2ccccc2)c2ccccc2)cc1. The molecule has 0 aliphatic rings. The Morgan fingerprint density at radius 3 is 1.41 bits per heavy atom. The van der Waals surface area contributed by atoms with Crippen LogP contribution in [0.3, 0.4) is 0 Å². The molecule has 2 heteroatoms. The summed E-state index contributed by atoms with van der Waals surface area (Å²) in [7, 11) is -0.446. The van der Waals surface area contributed by atoms with Gasteiger partial charge >= 0.3 is 0 Å². The molecule has 0 amide bonds. The van der Waals surface area contributed by atoms with E-state index in [0.717, 1.165) is 6.42 Å². The molecular weight excluding hydrogens is 369 g/mol. The Morgan fingerprint density at radius 1 is 0.586 bits per heavy atom. The lowest BCUT2D eigenvalue weighted by molar-refractivity contribution is 0.777. The number of aromatic nitrogens is 1. The third kappa shape index (κ3) is 6.66. The summed E-state index contributed by atoms with van der Waals surface area (Å²) in [5, 5.41) is 4.19. The van der Waals surface area contributed by atoms with Crippen molar-refractivity contribution in [1.29, 1.82) is 0 Å². The standard InChI is InChI=1S/C18H15P.C9H13N/c1-4-10-16(11-5-1)19(17-12-6-2-7-13-17)18-14-8-3-9-15-18;1-2-3-6-9-7-4-5-8-10-9/h1-15H;4-5,7-8H,2-3,6H2,1H3. The van der Waals surface area contributed by atoms with Crippen molar-refractivity contribution in [3.63, 3.8) is 0 Å². The van der Waals surface area contributed by atoms with Gasteiger partial charge in [0.2, 0.25) is 0 Å². The zero-order valence-corrected chi connectivity index (χ0v) is 17.9. The van der Waals surface area contributed by atoms with Gasteiger partial charge in [-0.3, -0.25) is 4.98 Å². The first-order valence-corrected chi connectivity index (χ1v) is 11.6. The first-order valence-electron chi connectivity index (χ1n) is 10.2. The van der Waals surface area contributed by atoms with Crippen molar-refractivity contribution < 1.29 is 0 Å². The lowest BCUT2D eigenvalue weighted by Crippen LogP contribution is -2.20. The number of unbranched alkanes of at least 4 members (excludes halogenated alkanes) is 1. The molecule has 0 bridgehead atoms. The number of pyridine rings is 1. The fourth-order valence-electron chi connectivity index (χ4n) is 3.08. The van der Waals surface area contributed by atoms with Gasteiger partial charge in [-0.2, -0.15) is 0 Å². The van der Waals surface area contributed by atoms with E-state index in [1.54, 1.807) is 0 Å². The molecule has 0 N–H and O–H groups in total. The minimum atomic E-state index is -0.446. The zero-order valence-electron chi connectivity index (χ0n) is 17.0. The molecule has 4 aromatic rings. The summed E-state index contributed by atoms with van der Waals surface area (Å²) in [4.78, 5) is 4.22. The van der Waals surface area contributed by atoms with Gasteiger partial charge in [-0.25, -0.2) is 0 Å². The fourth-order valence-corrected chi connectivity index (χ4v) is 5.39. The number of nitrogens with zero attached hydrogens (tertiary/aromatic N) is 1. The topological polar surface area (TPSA) is 12.9 Å². The molecule has 1 nitrogen and oxygen atoms in total. The van der Waals surface area contributed by atoms with Gasteiger partial charge in [0.15, 0.2) is 0 Å². The highest BCUT2D eigenvalue weighted by molar-refractivity contribution is 7.79. The van der Waals surface area contributed by atoms with Crippen molar-refractivity contribution in [1.82, 2.24) is 4.98 Å². The Balaban J connectivity index is 0.000000204. The summed E-state index contributed by atoms with van der Waals surface area (Å²) in [6.07, 6.45) is 5.47. The number of rotatable bonds is 6. The van der Waals surface area contributed by atoms with Gasteiger partial charge < -0.3 is 0 Å². The molecule has 4 rings (SSSR count). The molecule has 0 atom stereocenters. The van der Waals surface area contributed by atoms with E-state index < -0.39 is 7.92 Å². The van der Waals surface area contributed by atoms with E-state index in [0.29, 0.717) is 0 Å². The van der Waals surface area contributed by atoms with Crippen LogP contribution in [0.25, 0.3) is 0 Å². The fraction of sp³-hybridized carbons (Fsp3) is 0.148. The average Bonchev–Trinajstić information content (AvgIpc) is 2.81. The second-order valence-corrected chi connectivity index (χ2v) is 8.99. The van der Waals surface area contributed by atoms with Crippen LogP contribution in [0.5, 0.6) is 0 Å². The van der Waals surface area contributed by atoms with Crippen molar-refractivity contribution >= 4 is 23.8 Å². The number of hydrogen-bond donors (Lipinski definition) is 0. The summed E-state index contributed by atoms with van der Waals surface area (Å²) >= 11 is 0. The first kappa shape index (κ1) is 21.0. The Morgan fingerprint density at radius 2 is 1.03 bits per heavy atom. The molecule has 3 aromatic carbocycles. The van der Waals surface area contributed by atoms with E-state index >= 15 is 0 Å². The van der Waals surface area contributed by atoms with Crippen LogP contribution in [0.2, 0.25) is 0 Å². The highest BCUT2D eigenvalue weighted by atomic mass is 31.1. The molecule has 146 valence electrons. The van der Waals surface area contributed by atoms with E-state index in [-0.39, 0.29) is 0 Å². The minimum absolute atomic E-state index is 0.446. The molecule has 0 fully saturated rings. The maximum absolute atomic E-state index is 4.22. The first-order chi connectivity index (χ1) is 14.4. The maximum atomic E-state index is 4.22. The van der Waals surface area contributed by atoms with Crippen LogP contribution in [0.4, 0.5) is 0 Å². The van der Waals surface area contributed by atoms with Crippen LogP contribution in [-0.2, 0) is 6.42 Å². The van der Waals surface area contributed by atoms with Gasteiger partial charge in [-0.15, -0.1) is 0 Å². The predicted molar refractivity (Wildman–Crippen MR) is 128 cm³/mol. The molecule has 29 heavy (non-hydrogen) atoms. The normalized spacial score (nSPS) is 10.3. The van der Waals surface area contributed by atoms with Crippen LogP contribution in [-0.4, -0.2) is 4.98 Å². The summed E-state index contributed by atoms with van der Waals surface area (Å²) < 4.78 is 0. The maximum Gasteiger partial charge on any atom is 0.0403 e. The largest absolute Gasteiger partial charge is 0.261 e. The molecule has 0 radical (unpaired) electrons. The molecule has 1 heterocycles. The molecule has 0 saturated heterocycles. The molecule has 0 aliphatic carbocycles. The van der Waals surface area contributed by atoms with E-state index in [2.05, 4.69) is 109 Å². The second-order valence-electron chi connectivity index (χ2n) is 6.77. The van der Waals surface area contributed by atoms with Crippen LogP contribution < -0.4 is 15.9 Å². The number of benzene rings is 3. The molecule has 0 aliphatic heterocycles. The highest BCUT2D eigenvalue weighted by Crippen LogP contribution is 2.32. The smallest absolute Gasteiger partial charge is 0.0403 e. The van der Waals surface area contributed by atoms with Gasteiger partial charge in [-0.1, -0.05) is 110 Å². The van der Waals surface area contributed by atoms with Crippen molar-refractivity contribution in [2.45, 2.75) is 26.2 Å². The van der Waals surface area contributed by atoms with Gasteiger partial charge in [0.05, 0.1) is 0 Å². The lowest BCUT2D eigenvalue weighted by Gasteiger charge is -2.18.